The molecule has 20 heavy (non-hydrogen) atoms. The molecular formula is C11H12N4O4S. The van der Waals surface area contributed by atoms with E-state index in [0.29, 0.717) is 12.8 Å². The quantitative estimate of drug-likeness (QED) is 0.644. The smallest absolute Gasteiger partial charge is 0.289 e. The molecule has 1 aliphatic heterocycles. The van der Waals surface area contributed by atoms with Crippen LogP contribution in [0.15, 0.2) is 12.3 Å². The van der Waals surface area contributed by atoms with Gasteiger partial charge in [-0.3, -0.25) is 10.1 Å². The van der Waals surface area contributed by atoms with Gasteiger partial charge in [-0.25, -0.2) is 13.4 Å². The molecule has 1 N–H and O–H groups in total. The normalized spacial score (nSPS) is 20.2. The molecule has 0 saturated carbocycles. The number of aromatic nitrogens is 1. The molecule has 2 rings (SSSR count). The maximum absolute atomic E-state index is 11.7. The highest BCUT2D eigenvalue weighted by Crippen LogP contribution is 2.22. The average Bonchev–Trinajstić information content (AvgIpc) is 2.75. The third-order valence-electron chi connectivity index (χ3n) is 3.16. The van der Waals surface area contributed by atoms with Crippen LogP contribution in [0.2, 0.25) is 0 Å². The number of hydrogen-bond donors (Lipinski definition) is 1. The van der Waals surface area contributed by atoms with Crippen LogP contribution in [0.4, 0.5) is 11.5 Å². The molecule has 0 spiro atoms. The first kappa shape index (κ1) is 14.2. The summed E-state index contributed by atoms with van der Waals surface area (Å²) in [6.45, 7) is 0.155. The Balaban J connectivity index is 2.14. The Hall–Kier alpha value is -2.21. The van der Waals surface area contributed by atoms with E-state index in [1.54, 1.807) is 0 Å². The molecule has 106 valence electrons. The number of pyridine rings is 1. The third-order valence-corrected chi connectivity index (χ3v) is 5.44. The first-order valence-corrected chi connectivity index (χ1v) is 7.65. The van der Waals surface area contributed by atoms with Crippen LogP contribution in [0.3, 0.4) is 0 Å². The lowest BCUT2D eigenvalue weighted by atomic mass is 10.2. The monoisotopic (exact) mass is 296 g/mol. The number of hydrogen-bond acceptors (Lipinski definition) is 7. The van der Waals surface area contributed by atoms with Crippen molar-refractivity contribution in [3.05, 3.63) is 27.9 Å². The summed E-state index contributed by atoms with van der Waals surface area (Å²) >= 11 is 0. The number of nitro groups is 1. The summed E-state index contributed by atoms with van der Waals surface area (Å²) in [7, 11) is -3.08. The molecule has 0 bridgehead atoms. The van der Waals surface area contributed by atoms with Gasteiger partial charge in [0, 0.05) is 12.6 Å². The molecule has 0 radical (unpaired) electrons. The summed E-state index contributed by atoms with van der Waals surface area (Å²) in [6, 6.07) is 2.92. The van der Waals surface area contributed by atoms with Gasteiger partial charge in [0.2, 0.25) is 0 Å². The van der Waals surface area contributed by atoms with Crippen molar-refractivity contribution < 1.29 is 13.3 Å². The largest absolute Gasteiger partial charge is 0.368 e. The minimum Gasteiger partial charge on any atom is -0.368 e. The number of anilines is 1. The SMILES string of the molecule is N#Cc1cc([N+](=O)[O-])cnc1NCC1CCCS1(=O)=O. The van der Waals surface area contributed by atoms with Gasteiger partial charge in [-0.2, -0.15) is 5.26 Å². The summed E-state index contributed by atoms with van der Waals surface area (Å²) < 4.78 is 23.3. The third kappa shape index (κ3) is 2.85. The van der Waals surface area contributed by atoms with Crippen molar-refractivity contribution >= 4 is 21.3 Å². The van der Waals surface area contributed by atoms with Gasteiger partial charge in [-0.05, 0) is 12.8 Å². The Morgan fingerprint density at radius 1 is 1.60 bits per heavy atom. The fourth-order valence-electron chi connectivity index (χ4n) is 2.08. The Bertz CT molecular complexity index is 680. The molecule has 0 amide bonds. The van der Waals surface area contributed by atoms with E-state index in [-0.39, 0.29) is 29.4 Å². The molecule has 1 aromatic rings. The summed E-state index contributed by atoms with van der Waals surface area (Å²) in [5.74, 6) is 0.346. The highest BCUT2D eigenvalue weighted by molar-refractivity contribution is 7.92. The van der Waals surface area contributed by atoms with Gasteiger partial charge in [-0.1, -0.05) is 0 Å². The lowest BCUT2D eigenvalue weighted by Gasteiger charge is -2.11. The first-order valence-electron chi connectivity index (χ1n) is 5.94. The van der Waals surface area contributed by atoms with E-state index in [4.69, 9.17) is 5.26 Å². The lowest BCUT2D eigenvalue weighted by molar-refractivity contribution is -0.385. The second-order valence-electron chi connectivity index (χ2n) is 4.47. The number of nitrogens with zero attached hydrogens (tertiary/aromatic N) is 3. The standard InChI is InChI=1S/C11H12N4O4S/c12-5-8-4-9(15(16)17)6-13-11(8)14-7-10-2-1-3-20(10,18)19/h4,6,10H,1-3,7H2,(H,13,14). The fourth-order valence-corrected chi connectivity index (χ4v) is 3.84. The molecule has 2 heterocycles. The zero-order valence-electron chi connectivity index (χ0n) is 10.4. The van der Waals surface area contributed by atoms with Crippen molar-refractivity contribution in [3.8, 4) is 6.07 Å². The van der Waals surface area contributed by atoms with Crippen LogP contribution in [0.25, 0.3) is 0 Å². The molecule has 1 atom stereocenters. The summed E-state index contributed by atoms with van der Waals surface area (Å²) in [4.78, 5) is 13.8. The van der Waals surface area contributed by atoms with E-state index in [2.05, 4.69) is 10.3 Å². The summed E-state index contributed by atoms with van der Waals surface area (Å²) in [6.07, 6.45) is 2.24. The van der Waals surface area contributed by atoms with Gasteiger partial charge in [0.05, 0.1) is 15.9 Å². The highest BCUT2D eigenvalue weighted by atomic mass is 32.2. The molecule has 1 aliphatic rings. The predicted molar refractivity (Wildman–Crippen MR) is 70.9 cm³/mol. The van der Waals surface area contributed by atoms with Crippen LogP contribution in [-0.2, 0) is 9.84 Å². The van der Waals surface area contributed by atoms with Crippen molar-refractivity contribution in [2.75, 3.05) is 17.6 Å². The van der Waals surface area contributed by atoms with E-state index in [9.17, 15) is 18.5 Å². The number of sulfone groups is 1. The molecule has 8 nitrogen and oxygen atoms in total. The molecule has 1 fully saturated rings. The Kier molecular flexibility index (Phi) is 3.85. The van der Waals surface area contributed by atoms with E-state index in [1.165, 1.54) is 0 Å². The zero-order valence-corrected chi connectivity index (χ0v) is 11.3. The van der Waals surface area contributed by atoms with Gasteiger partial charge in [0.1, 0.15) is 23.6 Å². The van der Waals surface area contributed by atoms with E-state index >= 15 is 0 Å². The highest BCUT2D eigenvalue weighted by Gasteiger charge is 2.31. The molecule has 1 aromatic heterocycles. The van der Waals surface area contributed by atoms with Crippen molar-refractivity contribution in [1.82, 2.24) is 4.98 Å². The lowest BCUT2D eigenvalue weighted by Crippen LogP contribution is -2.25. The molecule has 9 heteroatoms. The summed E-state index contributed by atoms with van der Waals surface area (Å²) in [5.41, 5.74) is -0.254. The molecule has 0 aliphatic carbocycles. The van der Waals surface area contributed by atoms with E-state index < -0.39 is 20.0 Å². The maximum Gasteiger partial charge on any atom is 0.289 e. The molecular weight excluding hydrogens is 284 g/mol. The van der Waals surface area contributed by atoms with Crippen molar-refractivity contribution in [1.29, 1.82) is 5.26 Å². The van der Waals surface area contributed by atoms with E-state index in [1.807, 2.05) is 6.07 Å². The maximum atomic E-state index is 11.7. The van der Waals surface area contributed by atoms with Crippen LogP contribution in [0.5, 0.6) is 0 Å². The average molecular weight is 296 g/mol. The van der Waals surface area contributed by atoms with Crippen LogP contribution in [0.1, 0.15) is 18.4 Å². The van der Waals surface area contributed by atoms with Gasteiger partial charge in [0.15, 0.2) is 9.84 Å². The number of nitriles is 1. The van der Waals surface area contributed by atoms with Gasteiger partial charge >= 0.3 is 0 Å². The van der Waals surface area contributed by atoms with Crippen molar-refractivity contribution in [2.45, 2.75) is 18.1 Å². The van der Waals surface area contributed by atoms with Gasteiger partial charge in [0.25, 0.3) is 5.69 Å². The topological polar surface area (TPSA) is 126 Å². The van der Waals surface area contributed by atoms with Crippen molar-refractivity contribution in [3.63, 3.8) is 0 Å². The predicted octanol–water partition coefficient (Wildman–Crippen LogP) is 0.851. The molecule has 1 saturated heterocycles. The minimum absolute atomic E-state index is 0.0228. The Labute approximate surface area is 115 Å². The van der Waals surface area contributed by atoms with Gasteiger partial charge in [-0.15, -0.1) is 0 Å². The summed E-state index contributed by atoms with van der Waals surface area (Å²) in [5, 5.41) is 21.8. The number of nitrogens with one attached hydrogen (secondary N) is 1. The molecule has 1 unspecified atom stereocenters. The van der Waals surface area contributed by atoms with Crippen molar-refractivity contribution in [2.24, 2.45) is 0 Å². The first-order chi connectivity index (χ1) is 9.44. The van der Waals surface area contributed by atoms with Crippen LogP contribution < -0.4 is 5.32 Å². The van der Waals surface area contributed by atoms with Crippen LogP contribution in [0, 0.1) is 21.4 Å². The second kappa shape index (κ2) is 5.42. The fraction of sp³-hybridized carbons (Fsp3) is 0.455. The number of rotatable bonds is 4. The van der Waals surface area contributed by atoms with Crippen LogP contribution in [-0.4, -0.2) is 35.9 Å². The Morgan fingerprint density at radius 3 is 2.90 bits per heavy atom. The van der Waals surface area contributed by atoms with Gasteiger partial charge < -0.3 is 5.32 Å². The van der Waals surface area contributed by atoms with E-state index in [0.717, 1.165) is 12.3 Å². The minimum atomic E-state index is -3.08. The second-order valence-corrected chi connectivity index (χ2v) is 6.87. The zero-order chi connectivity index (χ0) is 14.8. The Morgan fingerprint density at radius 2 is 2.35 bits per heavy atom. The van der Waals surface area contributed by atoms with Crippen LogP contribution >= 0.6 is 0 Å². The molecule has 0 aromatic carbocycles.